The first-order valence-electron chi connectivity index (χ1n) is 7.27. The Bertz CT molecular complexity index is 775. The number of rotatable bonds is 6. The molecule has 0 aliphatic rings. The van der Waals surface area contributed by atoms with Crippen LogP contribution < -0.4 is 4.74 Å². The molecule has 0 bridgehead atoms. The topological polar surface area (TPSA) is 46.6 Å². The summed E-state index contributed by atoms with van der Waals surface area (Å²) in [6.45, 7) is 3.97. The van der Waals surface area contributed by atoms with Crippen molar-refractivity contribution in [3.63, 3.8) is 0 Å². The van der Waals surface area contributed by atoms with Crippen LogP contribution in [-0.4, -0.2) is 25.9 Å². The molecule has 0 spiro atoms. The third-order valence-corrected chi connectivity index (χ3v) is 5.04. The fourth-order valence-corrected chi connectivity index (χ4v) is 3.37. The molecule has 0 amide bonds. The van der Waals surface area contributed by atoms with E-state index in [2.05, 4.69) is 0 Å². The summed E-state index contributed by atoms with van der Waals surface area (Å²) in [7, 11) is -2.46. The second-order valence-corrected chi connectivity index (χ2v) is 7.52. The average molecular weight is 337 g/mol. The average Bonchev–Trinajstić information content (AvgIpc) is 2.47. The van der Waals surface area contributed by atoms with Gasteiger partial charge in [0.2, 0.25) is 10.0 Å². The lowest BCUT2D eigenvalue weighted by Gasteiger charge is -2.18. The standard InChI is InChI=1S/C17H20FNO3S/c1-13(2)22-15-8-6-7-14(11-15)12-19(3)23(20,21)17-10-5-4-9-16(17)18/h4-11,13H,12H2,1-3H3. The Kier molecular flexibility index (Phi) is 5.38. The van der Waals surface area contributed by atoms with Gasteiger partial charge in [-0.2, -0.15) is 4.31 Å². The highest BCUT2D eigenvalue weighted by Crippen LogP contribution is 2.21. The fraction of sp³-hybridized carbons (Fsp3) is 0.294. The van der Waals surface area contributed by atoms with E-state index in [4.69, 9.17) is 4.74 Å². The Balaban J connectivity index is 2.22. The first-order chi connectivity index (χ1) is 10.8. The molecule has 4 nitrogen and oxygen atoms in total. The molecule has 0 saturated heterocycles. The second-order valence-electron chi connectivity index (χ2n) is 5.51. The molecule has 0 atom stereocenters. The predicted molar refractivity (Wildman–Crippen MR) is 87.3 cm³/mol. The van der Waals surface area contributed by atoms with Crippen molar-refractivity contribution >= 4 is 10.0 Å². The molecule has 0 fully saturated rings. The van der Waals surface area contributed by atoms with Crippen molar-refractivity contribution in [2.24, 2.45) is 0 Å². The maximum atomic E-state index is 13.8. The highest BCUT2D eigenvalue weighted by atomic mass is 32.2. The summed E-state index contributed by atoms with van der Waals surface area (Å²) >= 11 is 0. The molecule has 2 aromatic carbocycles. The first-order valence-corrected chi connectivity index (χ1v) is 8.71. The zero-order chi connectivity index (χ0) is 17.0. The van der Waals surface area contributed by atoms with E-state index in [9.17, 15) is 12.8 Å². The van der Waals surface area contributed by atoms with E-state index >= 15 is 0 Å². The maximum Gasteiger partial charge on any atom is 0.246 e. The first kappa shape index (κ1) is 17.4. The Morgan fingerprint density at radius 3 is 2.48 bits per heavy atom. The van der Waals surface area contributed by atoms with Crippen molar-refractivity contribution in [1.29, 1.82) is 0 Å². The molecule has 0 unspecified atom stereocenters. The Labute approximate surface area is 136 Å². The van der Waals surface area contributed by atoms with Crippen LogP contribution in [0.15, 0.2) is 53.4 Å². The summed E-state index contributed by atoms with van der Waals surface area (Å²) in [5, 5.41) is 0. The molecule has 2 rings (SSSR count). The van der Waals surface area contributed by atoms with E-state index in [0.29, 0.717) is 5.75 Å². The molecule has 0 saturated carbocycles. The van der Waals surface area contributed by atoms with E-state index in [1.807, 2.05) is 19.9 Å². The summed E-state index contributed by atoms with van der Waals surface area (Å²) in [4.78, 5) is -0.322. The van der Waals surface area contributed by atoms with Gasteiger partial charge in [0.15, 0.2) is 0 Å². The van der Waals surface area contributed by atoms with Gasteiger partial charge in [-0.25, -0.2) is 12.8 Å². The van der Waals surface area contributed by atoms with Crippen LogP contribution in [0.25, 0.3) is 0 Å². The Morgan fingerprint density at radius 2 is 1.83 bits per heavy atom. The lowest BCUT2D eigenvalue weighted by atomic mass is 10.2. The molecular weight excluding hydrogens is 317 g/mol. The number of nitrogens with zero attached hydrogens (tertiary/aromatic N) is 1. The zero-order valence-corrected chi connectivity index (χ0v) is 14.2. The molecule has 0 aromatic heterocycles. The lowest BCUT2D eigenvalue weighted by Crippen LogP contribution is -2.27. The smallest absolute Gasteiger partial charge is 0.246 e. The minimum Gasteiger partial charge on any atom is -0.491 e. The summed E-state index contributed by atoms with van der Waals surface area (Å²) in [6.07, 6.45) is 0.0325. The fourth-order valence-electron chi connectivity index (χ4n) is 2.15. The molecule has 6 heteroatoms. The summed E-state index contributed by atoms with van der Waals surface area (Å²) < 4.78 is 45.4. The van der Waals surface area contributed by atoms with Gasteiger partial charge in [-0.15, -0.1) is 0 Å². The normalized spacial score (nSPS) is 11.9. The largest absolute Gasteiger partial charge is 0.491 e. The second kappa shape index (κ2) is 7.10. The highest BCUT2D eigenvalue weighted by Gasteiger charge is 2.24. The summed E-state index contributed by atoms with van der Waals surface area (Å²) in [6, 6.07) is 12.6. The van der Waals surface area contributed by atoms with E-state index in [0.717, 1.165) is 15.9 Å². The van der Waals surface area contributed by atoms with Crippen molar-refractivity contribution in [3.8, 4) is 5.75 Å². The van der Waals surface area contributed by atoms with E-state index in [1.165, 1.54) is 25.2 Å². The molecule has 0 aliphatic carbocycles. The minimum atomic E-state index is -3.89. The molecular formula is C17H20FNO3S. The Hall–Kier alpha value is -1.92. The lowest BCUT2D eigenvalue weighted by molar-refractivity contribution is 0.242. The van der Waals surface area contributed by atoms with Crippen LogP contribution in [0.5, 0.6) is 5.75 Å². The van der Waals surface area contributed by atoms with Crippen molar-refractivity contribution < 1.29 is 17.5 Å². The number of hydrogen-bond donors (Lipinski definition) is 0. The van der Waals surface area contributed by atoms with Crippen molar-refractivity contribution in [3.05, 3.63) is 59.9 Å². The molecule has 124 valence electrons. The predicted octanol–water partition coefficient (Wildman–Crippen LogP) is 3.43. The van der Waals surface area contributed by atoms with Gasteiger partial charge in [0.1, 0.15) is 16.5 Å². The molecule has 23 heavy (non-hydrogen) atoms. The van der Waals surface area contributed by atoms with Crippen molar-refractivity contribution in [2.45, 2.75) is 31.4 Å². The van der Waals surface area contributed by atoms with Gasteiger partial charge < -0.3 is 4.74 Å². The van der Waals surface area contributed by atoms with E-state index in [-0.39, 0.29) is 17.5 Å². The summed E-state index contributed by atoms with van der Waals surface area (Å²) in [5.74, 6) is -0.0783. The number of hydrogen-bond acceptors (Lipinski definition) is 3. The molecule has 0 N–H and O–H groups in total. The number of ether oxygens (including phenoxy) is 1. The quantitative estimate of drug-likeness (QED) is 0.811. The third-order valence-electron chi connectivity index (χ3n) is 3.20. The van der Waals surface area contributed by atoms with E-state index in [1.54, 1.807) is 18.2 Å². The van der Waals surface area contributed by atoms with Crippen molar-refractivity contribution in [1.82, 2.24) is 4.31 Å². The molecule has 0 aliphatic heterocycles. The van der Waals surface area contributed by atoms with Gasteiger partial charge in [-0.3, -0.25) is 0 Å². The van der Waals surface area contributed by atoms with Gasteiger partial charge in [-0.1, -0.05) is 24.3 Å². The van der Waals surface area contributed by atoms with Crippen LogP contribution in [0.2, 0.25) is 0 Å². The zero-order valence-electron chi connectivity index (χ0n) is 13.4. The summed E-state index contributed by atoms with van der Waals surface area (Å²) in [5.41, 5.74) is 0.769. The van der Waals surface area contributed by atoms with Crippen LogP contribution in [0.1, 0.15) is 19.4 Å². The monoisotopic (exact) mass is 337 g/mol. The minimum absolute atomic E-state index is 0.0325. The van der Waals surface area contributed by atoms with Gasteiger partial charge >= 0.3 is 0 Å². The van der Waals surface area contributed by atoms with Gasteiger partial charge in [0, 0.05) is 13.6 Å². The SMILES string of the molecule is CC(C)Oc1cccc(CN(C)S(=O)(=O)c2ccccc2F)c1. The third kappa shape index (κ3) is 4.30. The number of sulfonamides is 1. The van der Waals surface area contributed by atoms with Gasteiger partial charge in [-0.05, 0) is 43.7 Å². The number of halogens is 1. The van der Waals surface area contributed by atoms with Crippen LogP contribution in [0.3, 0.4) is 0 Å². The molecule has 0 radical (unpaired) electrons. The maximum absolute atomic E-state index is 13.8. The highest BCUT2D eigenvalue weighted by molar-refractivity contribution is 7.89. The van der Waals surface area contributed by atoms with Crippen molar-refractivity contribution in [2.75, 3.05) is 7.05 Å². The van der Waals surface area contributed by atoms with Gasteiger partial charge in [0.25, 0.3) is 0 Å². The van der Waals surface area contributed by atoms with Crippen LogP contribution >= 0.6 is 0 Å². The van der Waals surface area contributed by atoms with E-state index < -0.39 is 15.8 Å². The molecule has 0 heterocycles. The van der Waals surface area contributed by atoms with Crippen LogP contribution in [0, 0.1) is 5.82 Å². The number of benzene rings is 2. The van der Waals surface area contributed by atoms with Gasteiger partial charge in [0.05, 0.1) is 6.10 Å². The van der Waals surface area contributed by atoms with Crippen LogP contribution in [0.4, 0.5) is 4.39 Å². The van der Waals surface area contributed by atoms with Crippen LogP contribution in [-0.2, 0) is 16.6 Å². The molecule has 2 aromatic rings. The Morgan fingerprint density at radius 1 is 1.13 bits per heavy atom.